The Kier molecular flexibility index (Phi) is 3.27. The fourth-order valence-corrected chi connectivity index (χ4v) is 2.40. The number of amides is 1. The van der Waals surface area contributed by atoms with Crippen LogP contribution in [0.3, 0.4) is 0 Å². The van der Waals surface area contributed by atoms with E-state index < -0.39 is 16.1 Å². The normalized spacial score (nSPS) is 19.8. The molecule has 1 heterocycles. The second kappa shape index (κ2) is 4.06. The highest BCUT2D eigenvalue weighted by Crippen LogP contribution is 2.10. The molecule has 5 nitrogen and oxygen atoms in total. The molecule has 1 N–H and O–H groups in total. The van der Waals surface area contributed by atoms with Gasteiger partial charge in [-0.25, -0.2) is 4.72 Å². The zero-order chi connectivity index (χ0) is 9.90. The van der Waals surface area contributed by atoms with Gasteiger partial charge in [0.2, 0.25) is 5.91 Å². The molecule has 0 aromatic carbocycles. The van der Waals surface area contributed by atoms with Gasteiger partial charge in [0.25, 0.3) is 0 Å². The Bertz CT molecular complexity index is 280. The molecular formula is C7H13N2O3S. The zero-order valence-corrected chi connectivity index (χ0v) is 8.30. The molecule has 1 aliphatic rings. The molecule has 1 amide bonds. The molecule has 0 bridgehead atoms. The molecule has 1 aliphatic heterocycles. The van der Waals surface area contributed by atoms with E-state index in [1.807, 2.05) is 11.1 Å². The summed E-state index contributed by atoms with van der Waals surface area (Å²) in [7, 11) is -3.57. The molecule has 1 radical (unpaired) electrons. The number of piperidine rings is 1. The van der Waals surface area contributed by atoms with E-state index in [2.05, 4.69) is 0 Å². The van der Waals surface area contributed by atoms with Crippen LogP contribution >= 0.6 is 0 Å². The van der Waals surface area contributed by atoms with Crippen molar-refractivity contribution in [1.82, 2.24) is 9.03 Å². The first-order chi connectivity index (χ1) is 6.02. The van der Waals surface area contributed by atoms with Gasteiger partial charge in [0.05, 0.1) is 0 Å². The number of carbonyl (C=O) groups excluding carboxylic acids is 1. The molecule has 0 aromatic heterocycles. The first-order valence-corrected chi connectivity index (χ1v) is 5.56. The van der Waals surface area contributed by atoms with Crippen molar-refractivity contribution in [3.63, 3.8) is 0 Å². The summed E-state index contributed by atoms with van der Waals surface area (Å²) in [6.45, 7) is 2.11. The van der Waals surface area contributed by atoms with Crippen LogP contribution in [0.4, 0.5) is 0 Å². The predicted octanol–water partition coefficient (Wildman–Crippen LogP) is -0.333. The Morgan fingerprint density at radius 2 is 1.92 bits per heavy atom. The van der Waals surface area contributed by atoms with Crippen molar-refractivity contribution in [2.75, 3.05) is 13.1 Å². The molecule has 0 aromatic rings. The smallest absolute Gasteiger partial charge is 0.274 e. The van der Waals surface area contributed by atoms with E-state index in [4.69, 9.17) is 0 Å². The molecule has 0 aliphatic carbocycles. The van der Waals surface area contributed by atoms with E-state index in [-0.39, 0.29) is 0 Å². The summed E-state index contributed by atoms with van der Waals surface area (Å²) in [5, 5.41) is 0. The minimum absolute atomic E-state index is 0.461. The van der Waals surface area contributed by atoms with E-state index in [1.165, 1.54) is 11.2 Å². The molecule has 6 heteroatoms. The zero-order valence-electron chi connectivity index (χ0n) is 7.49. The van der Waals surface area contributed by atoms with Crippen LogP contribution in [0.15, 0.2) is 0 Å². The Labute approximate surface area is 78.3 Å². The number of hydrogen-bond acceptors (Lipinski definition) is 3. The maximum Gasteiger partial charge on any atom is 0.303 e. The largest absolute Gasteiger partial charge is 0.303 e. The lowest BCUT2D eigenvalue weighted by Gasteiger charge is -2.25. The predicted molar refractivity (Wildman–Crippen MR) is 47.8 cm³/mol. The molecule has 0 atom stereocenters. The van der Waals surface area contributed by atoms with Gasteiger partial charge in [-0.05, 0) is 19.3 Å². The van der Waals surface area contributed by atoms with E-state index in [1.54, 1.807) is 0 Å². The standard InChI is InChI=1S/C7H13N2O3S/c1-7(10)8-13(11,12)9-5-3-2-4-6-9/h2H,3-6H2,1H3,(H,8,10). The summed E-state index contributed by atoms with van der Waals surface area (Å²) >= 11 is 0. The van der Waals surface area contributed by atoms with Crippen LogP contribution in [0.1, 0.15) is 19.8 Å². The van der Waals surface area contributed by atoms with Crippen LogP contribution in [-0.2, 0) is 15.0 Å². The van der Waals surface area contributed by atoms with Crippen molar-refractivity contribution < 1.29 is 13.2 Å². The fraction of sp³-hybridized carbons (Fsp3) is 0.714. The third kappa shape index (κ3) is 2.96. The molecular weight excluding hydrogens is 192 g/mol. The Morgan fingerprint density at radius 1 is 1.38 bits per heavy atom. The number of rotatable bonds is 2. The van der Waals surface area contributed by atoms with Crippen LogP contribution in [-0.4, -0.2) is 31.7 Å². The quantitative estimate of drug-likeness (QED) is 0.671. The average Bonchev–Trinajstić information content (AvgIpc) is 2.04. The van der Waals surface area contributed by atoms with Gasteiger partial charge in [-0.2, -0.15) is 12.7 Å². The van der Waals surface area contributed by atoms with Crippen LogP contribution in [0, 0.1) is 6.42 Å². The summed E-state index contributed by atoms with van der Waals surface area (Å²) in [5.74, 6) is -0.547. The minimum Gasteiger partial charge on any atom is -0.274 e. The van der Waals surface area contributed by atoms with Crippen LogP contribution < -0.4 is 4.72 Å². The number of carbonyl (C=O) groups is 1. The molecule has 0 unspecified atom stereocenters. The van der Waals surface area contributed by atoms with E-state index in [0.29, 0.717) is 13.1 Å². The first-order valence-electron chi connectivity index (χ1n) is 4.12. The lowest BCUT2D eigenvalue weighted by molar-refractivity contribution is -0.117. The summed E-state index contributed by atoms with van der Waals surface area (Å²) in [6.07, 6.45) is 3.54. The minimum atomic E-state index is -3.57. The highest BCUT2D eigenvalue weighted by Gasteiger charge is 2.24. The van der Waals surface area contributed by atoms with Crippen molar-refractivity contribution in [3.05, 3.63) is 6.42 Å². The summed E-state index contributed by atoms with van der Waals surface area (Å²) in [4.78, 5) is 10.6. The van der Waals surface area contributed by atoms with Crippen molar-refractivity contribution in [3.8, 4) is 0 Å². The van der Waals surface area contributed by atoms with Crippen molar-refractivity contribution in [2.24, 2.45) is 0 Å². The molecule has 1 saturated heterocycles. The third-order valence-corrected chi connectivity index (χ3v) is 3.37. The van der Waals surface area contributed by atoms with Gasteiger partial charge in [-0.15, -0.1) is 0 Å². The SMILES string of the molecule is CC(=O)NS(=O)(=O)N1CC[CH]CC1. The molecule has 1 rings (SSSR count). The number of nitrogens with zero attached hydrogens (tertiary/aromatic N) is 1. The molecule has 1 fully saturated rings. The maximum atomic E-state index is 11.4. The van der Waals surface area contributed by atoms with Gasteiger partial charge in [0.15, 0.2) is 0 Å². The van der Waals surface area contributed by atoms with Crippen molar-refractivity contribution in [2.45, 2.75) is 19.8 Å². The Morgan fingerprint density at radius 3 is 2.38 bits per heavy atom. The highest BCUT2D eigenvalue weighted by molar-refractivity contribution is 7.87. The Hall–Kier alpha value is -0.620. The van der Waals surface area contributed by atoms with E-state index in [9.17, 15) is 13.2 Å². The Balaban J connectivity index is 2.62. The maximum absolute atomic E-state index is 11.4. The van der Waals surface area contributed by atoms with E-state index >= 15 is 0 Å². The van der Waals surface area contributed by atoms with Crippen molar-refractivity contribution in [1.29, 1.82) is 0 Å². The first kappa shape index (κ1) is 10.5. The van der Waals surface area contributed by atoms with Crippen LogP contribution in [0.2, 0.25) is 0 Å². The van der Waals surface area contributed by atoms with Gasteiger partial charge in [-0.3, -0.25) is 4.79 Å². The van der Waals surface area contributed by atoms with Crippen molar-refractivity contribution >= 4 is 16.1 Å². The highest BCUT2D eigenvalue weighted by atomic mass is 32.2. The van der Waals surface area contributed by atoms with Crippen LogP contribution in [0.5, 0.6) is 0 Å². The van der Waals surface area contributed by atoms with Gasteiger partial charge in [0, 0.05) is 20.0 Å². The fourth-order valence-electron chi connectivity index (χ4n) is 1.21. The second-order valence-electron chi connectivity index (χ2n) is 2.93. The summed E-state index contributed by atoms with van der Waals surface area (Å²) < 4.78 is 26.0. The monoisotopic (exact) mass is 205 g/mol. The molecule has 13 heavy (non-hydrogen) atoms. The molecule has 0 spiro atoms. The molecule has 75 valence electrons. The van der Waals surface area contributed by atoms with E-state index in [0.717, 1.165) is 12.8 Å². The number of hydrogen-bond donors (Lipinski definition) is 1. The second-order valence-corrected chi connectivity index (χ2v) is 4.60. The van der Waals surface area contributed by atoms with Gasteiger partial charge >= 0.3 is 10.2 Å². The average molecular weight is 205 g/mol. The summed E-state index contributed by atoms with van der Waals surface area (Å²) in [5.41, 5.74) is 0. The summed E-state index contributed by atoms with van der Waals surface area (Å²) in [6, 6.07) is 0. The van der Waals surface area contributed by atoms with Gasteiger partial charge in [-0.1, -0.05) is 0 Å². The molecule has 0 saturated carbocycles. The topological polar surface area (TPSA) is 66.5 Å². The lowest BCUT2D eigenvalue weighted by Crippen LogP contribution is -2.45. The van der Waals surface area contributed by atoms with Gasteiger partial charge < -0.3 is 0 Å². The number of nitrogens with one attached hydrogen (secondary N) is 1. The van der Waals surface area contributed by atoms with Gasteiger partial charge in [0.1, 0.15) is 0 Å². The lowest BCUT2D eigenvalue weighted by atomic mass is 10.2. The van der Waals surface area contributed by atoms with Crippen LogP contribution in [0.25, 0.3) is 0 Å². The third-order valence-electron chi connectivity index (χ3n) is 1.78.